The highest BCUT2D eigenvalue weighted by atomic mass is 35.5. The summed E-state index contributed by atoms with van der Waals surface area (Å²) in [6.07, 6.45) is -1.78. The van der Waals surface area contributed by atoms with Crippen LogP contribution in [0.25, 0.3) is 0 Å². The van der Waals surface area contributed by atoms with Gasteiger partial charge in [-0.15, -0.1) is 6.58 Å². The molecule has 1 rings (SSSR count). The fraction of sp³-hybridized carbons (Fsp3) is 0.214. The van der Waals surface area contributed by atoms with Gasteiger partial charge in [0.1, 0.15) is 4.49 Å². The number of amides is 2. The van der Waals surface area contributed by atoms with E-state index in [1.165, 1.54) is 35.3 Å². The number of alkyl halides is 3. The summed E-state index contributed by atoms with van der Waals surface area (Å²) >= 11 is 10.9. The standard InChI is InChI=1S/C14H13Cl2F3N2O/c1-2-8-21(9-7-12(15)16)13(22)20-11-6-4-3-5-10(11)14(17,18)19/h2-7H,1,8-9H2,(H,20,22). The van der Waals surface area contributed by atoms with Gasteiger partial charge < -0.3 is 10.2 Å². The second kappa shape index (κ2) is 8.10. The number of carbonyl (C=O) groups is 1. The number of halogens is 5. The predicted molar refractivity (Wildman–Crippen MR) is 82.0 cm³/mol. The number of para-hydroxylation sites is 1. The Kier molecular flexibility index (Phi) is 6.77. The first kappa shape index (κ1) is 18.4. The number of hydrogen-bond acceptors (Lipinski definition) is 1. The Morgan fingerprint density at radius 3 is 2.45 bits per heavy atom. The third-order valence-corrected chi connectivity index (χ3v) is 2.89. The van der Waals surface area contributed by atoms with Gasteiger partial charge in [-0.3, -0.25) is 0 Å². The molecule has 0 aromatic heterocycles. The van der Waals surface area contributed by atoms with Gasteiger partial charge in [-0.1, -0.05) is 41.4 Å². The molecule has 0 aliphatic carbocycles. The molecular formula is C14H13Cl2F3N2O. The van der Waals surface area contributed by atoms with Crippen molar-refractivity contribution in [1.29, 1.82) is 0 Å². The Morgan fingerprint density at radius 1 is 1.27 bits per heavy atom. The first-order chi connectivity index (χ1) is 10.3. The third-order valence-electron chi connectivity index (χ3n) is 2.58. The first-order valence-corrected chi connectivity index (χ1v) is 6.85. The average Bonchev–Trinajstić information content (AvgIpc) is 2.42. The molecule has 1 N–H and O–H groups in total. The second-order valence-electron chi connectivity index (χ2n) is 4.16. The minimum absolute atomic E-state index is 0.0361. The molecule has 120 valence electrons. The van der Waals surface area contributed by atoms with Crippen LogP contribution in [0, 0.1) is 0 Å². The zero-order valence-electron chi connectivity index (χ0n) is 11.3. The van der Waals surface area contributed by atoms with E-state index in [-0.39, 0.29) is 23.3 Å². The highest BCUT2D eigenvalue weighted by molar-refractivity contribution is 6.55. The van der Waals surface area contributed by atoms with Crippen molar-refractivity contribution >= 4 is 34.9 Å². The molecule has 0 radical (unpaired) electrons. The monoisotopic (exact) mass is 352 g/mol. The Labute approximate surface area is 136 Å². The number of benzene rings is 1. The van der Waals surface area contributed by atoms with Crippen molar-refractivity contribution in [2.45, 2.75) is 6.18 Å². The van der Waals surface area contributed by atoms with E-state index in [1.807, 2.05) is 0 Å². The number of nitrogens with one attached hydrogen (secondary N) is 1. The molecule has 0 atom stereocenters. The van der Waals surface area contributed by atoms with E-state index >= 15 is 0 Å². The highest BCUT2D eigenvalue weighted by Gasteiger charge is 2.33. The van der Waals surface area contributed by atoms with E-state index in [0.29, 0.717) is 0 Å². The first-order valence-electron chi connectivity index (χ1n) is 6.10. The normalized spacial score (nSPS) is 10.8. The van der Waals surface area contributed by atoms with Crippen molar-refractivity contribution in [3.8, 4) is 0 Å². The maximum Gasteiger partial charge on any atom is 0.418 e. The second-order valence-corrected chi connectivity index (χ2v) is 5.17. The van der Waals surface area contributed by atoms with Crippen molar-refractivity contribution in [3.63, 3.8) is 0 Å². The summed E-state index contributed by atoms with van der Waals surface area (Å²) in [4.78, 5) is 13.3. The van der Waals surface area contributed by atoms with Crippen molar-refractivity contribution in [1.82, 2.24) is 4.90 Å². The summed E-state index contributed by atoms with van der Waals surface area (Å²) in [7, 11) is 0. The summed E-state index contributed by atoms with van der Waals surface area (Å²) in [5.41, 5.74) is -1.25. The van der Waals surface area contributed by atoms with Crippen LogP contribution in [0.15, 0.2) is 47.5 Å². The van der Waals surface area contributed by atoms with Gasteiger partial charge in [0.05, 0.1) is 11.3 Å². The molecule has 3 nitrogen and oxygen atoms in total. The smallest absolute Gasteiger partial charge is 0.317 e. The molecule has 22 heavy (non-hydrogen) atoms. The largest absolute Gasteiger partial charge is 0.418 e. The predicted octanol–water partition coefficient (Wildman–Crippen LogP) is 5.04. The van der Waals surface area contributed by atoms with E-state index in [4.69, 9.17) is 23.2 Å². The van der Waals surface area contributed by atoms with Gasteiger partial charge in [0.15, 0.2) is 0 Å². The molecule has 0 fully saturated rings. The summed E-state index contributed by atoms with van der Waals surface area (Å²) in [6, 6.07) is 4.00. The van der Waals surface area contributed by atoms with Crippen LogP contribution in [0.5, 0.6) is 0 Å². The molecule has 0 unspecified atom stereocenters. The zero-order valence-corrected chi connectivity index (χ0v) is 12.8. The molecule has 2 amide bonds. The number of anilines is 1. The minimum Gasteiger partial charge on any atom is -0.317 e. The van der Waals surface area contributed by atoms with Gasteiger partial charge in [-0.2, -0.15) is 13.2 Å². The summed E-state index contributed by atoms with van der Waals surface area (Å²) < 4.78 is 38.6. The van der Waals surface area contributed by atoms with Gasteiger partial charge in [0, 0.05) is 13.1 Å². The van der Waals surface area contributed by atoms with Crippen molar-refractivity contribution in [3.05, 3.63) is 53.1 Å². The van der Waals surface area contributed by atoms with Crippen LogP contribution in [0.1, 0.15) is 5.56 Å². The summed E-state index contributed by atoms with van der Waals surface area (Å²) in [5.74, 6) is 0. The molecule has 1 aromatic rings. The van der Waals surface area contributed by atoms with Crippen LogP contribution in [0.2, 0.25) is 0 Å². The quantitative estimate of drug-likeness (QED) is 0.739. The number of rotatable bonds is 5. The number of hydrogen-bond donors (Lipinski definition) is 1. The molecular weight excluding hydrogens is 340 g/mol. The van der Waals surface area contributed by atoms with Crippen LogP contribution >= 0.6 is 23.2 Å². The molecule has 0 saturated heterocycles. The maximum atomic E-state index is 12.9. The van der Waals surface area contributed by atoms with Crippen LogP contribution in [-0.2, 0) is 6.18 Å². The topological polar surface area (TPSA) is 32.3 Å². The lowest BCUT2D eigenvalue weighted by Crippen LogP contribution is -2.35. The number of urea groups is 1. The SMILES string of the molecule is C=CCN(CC=C(Cl)Cl)C(=O)Nc1ccccc1C(F)(F)F. The van der Waals surface area contributed by atoms with E-state index in [2.05, 4.69) is 11.9 Å². The van der Waals surface area contributed by atoms with Crippen LogP contribution < -0.4 is 5.32 Å². The highest BCUT2D eigenvalue weighted by Crippen LogP contribution is 2.34. The number of carbonyl (C=O) groups excluding carboxylic acids is 1. The van der Waals surface area contributed by atoms with Crippen molar-refractivity contribution in [2.24, 2.45) is 0 Å². The van der Waals surface area contributed by atoms with E-state index < -0.39 is 17.8 Å². The molecule has 0 saturated carbocycles. The van der Waals surface area contributed by atoms with Gasteiger partial charge in [0.25, 0.3) is 0 Å². The average molecular weight is 353 g/mol. The Morgan fingerprint density at radius 2 is 1.91 bits per heavy atom. The third kappa shape index (κ3) is 5.61. The lowest BCUT2D eigenvalue weighted by Gasteiger charge is -2.21. The fourth-order valence-electron chi connectivity index (χ4n) is 1.61. The van der Waals surface area contributed by atoms with E-state index in [0.717, 1.165) is 6.07 Å². The Hall–Kier alpha value is -1.66. The molecule has 0 bridgehead atoms. The molecule has 0 heterocycles. The summed E-state index contributed by atoms with van der Waals surface area (Å²) in [6.45, 7) is 3.64. The van der Waals surface area contributed by atoms with Crippen LogP contribution in [0.3, 0.4) is 0 Å². The van der Waals surface area contributed by atoms with Gasteiger partial charge in [-0.25, -0.2) is 4.79 Å². The lowest BCUT2D eigenvalue weighted by atomic mass is 10.1. The molecule has 1 aromatic carbocycles. The van der Waals surface area contributed by atoms with E-state index in [9.17, 15) is 18.0 Å². The van der Waals surface area contributed by atoms with Crippen molar-refractivity contribution in [2.75, 3.05) is 18.4 Å². The minimum atomic E-state index is -4.56. The van der Waals surface area contributed by atoms with Crippen molar-refractivity contribution < 1.29 is 18.0 Å². The fourth-order valence-corrected chi connectivity index (χ4v) is 1.75. The zero-order chi connectivity index (χ0) is 16.8. The van der Waals surface area contributed by atoms with Crippen LogP contribution in [-0.4, -0.2) is 24.0 Å². The maximum absolute atomic E-state index is 12.9. The Balaban J connectivity index is 2.95. The van der Waals surface area contributed by atoms with Gasteiger partial charge in [0.2, 0.25) is 0 Å². The summed E-state index contributed by atoms with van der Waals surface area (Å²) in [5, 5.41) is 2.23. The number of nitrogens with zero attached hydrogens (tertiary/aromatic N) is 1. The Bertz CT molecular complexity index is 569. The van der Waals surface area contributed by atoms with Gasteiger partial charge in [-0.05, 0) is 18.2 Å². The van der Waals surface area contributed by atoms with Crippen LogP contribution in [0.4, 0.5) is 23.7 Å². The molecule has 8 heteroatoms. The lowest BCUT2D eigenvalue weighted by molar-refractivity contribution is -0.136. The molecule has 0 aliphatic heterocycles. The molecule has 0 spiro atoms. The van der Waals surface area contributed by atoms with Gasteiger partial charge >= 0.3 is 12.2 Å². The van der Waals surface area contributed by atoms with E-state index in [1.54, 1.807) is 0 Å². The molecule has 0 aliphatic rings.